The molecule has 2 aromatic carbocycles. The standard InChI is InChI=1S/C27H25BN3.2FH/c1-18-15-22(30-27(18)24(12-13-29)26-7-4-14-31(26)28)11-9-19-8-10-21-17-20-5-2-3-6-23(20)25(21)16-19;;/h2-11,14-16,30H,12-13,17,29H2,1H3;2*1H/q+1;;/b11-9+;;. The van der Waals surface area contributed by atoms with Gasteiger partial charge in [0.2, 0.25) is 0 Å². The number of aromatic amines is 1. The van der Waals surface area contributed by atoms with Crippen LogP contribution in [0.4, 0.5) is 9.41 Å². The summed E-state index contributed by atoms with van der Waals surface area (Å²) >= 11 is 0. The maximum Gasteiger partial charge on any atom is 0.586 e. The number of nitrogens with zero attached hydrogens (tertiary/aromatic N) is 1. The van der Waals surface area contributed by atoms with Crippen molar-refractivity contribution in [2.24, 2.45) is 5.73 Å². The Morgan fingerprint density at radius 1 is 1.06 bits per heavy atom. The quantitative estimate of drug-likeness (QED) is 0.412. The van der Waals surface area contributed by atoms with Crippen LogP contribution in [0.1, 0.15) is 40.1 Å². The summed E-state index contributed by atoms with van der Waals surface area (Å²) in [7, 11) is 6.11. The van der Waals surface area contributed by atoms with Crippen LogP contribution in [0.15, 0.2) is 66.4 Å². The van der Waals surface area contributed by atoms with Gasteiger partial charge in [-0.05, 0) is 77.9 Å². The number of aryl methyl sites for hydroxylation is 1. The van der Waals surface area contributed by atoms with Crippen LogP contribution in [0.5, 0.6) is 0 Å². The molecule has 0 unspecified atom stereocenters. The predicted octanol–water partition coefficient (Wildman–Crippen LogP) is 5.17. The molecule has 0 bridgehead atoms. The van der Waals surface area contributed by atoms with Crippen LogP contribution in [0.25, 0.3) is 28.9 Å². The van der Waals surface area contributed by atoms with E-state index >= 15 is 0 Å². The molecule has 0 atom stereocenters. The van der Waals surface area contributed by atoms with Gasteiger partial charge in [0.15, 0.2) is 5.70 Å². The van der Waals surface area contributed by atoms with Crippen LogP contribution < -0.4 is 5.73 Å². The fourth-order valence-electron chi connectivity index (χ4n) is 4.59. The molecule has 6 heteroatoms. The van der Waals surface area contributed by atoms with Crippen molar-refractivity contribution in [2.75, 3.05) is 6.54 Å². The van der Waals surface area contributed by atoms with E-state index in [1.54, 1.807) is 4.49 Å². The minimum absolute atomic E-state index is 0. The summed E-state index contributed by atoms with van der Waals surface area (Å²) in [6, 6.07) is 17.6. The largest absolute Gasteiger partial charge is 0.586 e. The van der Waals surface area contributed by atoms with Gasteiger partial charge in [-0.25, -0.2) is 0 Å². The summed E-state index contributed by atoms with van der Waals surface area (Å²) in [5, 5.41) is 0. The number of hydrogen-bond donors (Lipinski definition) is 2. The van der Waals surface area contributed by atoms with E-state index in [0.717, 1.165) is 35.5 Å². The normalized spacial score (nSPS) is 15.0. The number of fused-ring (bicyclic) bond motifs is 3. The predicted molar refractivity (Wildman–Crippen MR) is 136 cm³/mol. The van der Waals surface area contributed by atoms with Crippen LogP contribution in [0, 0.1) is 6.92 Å². The molecular formula is C27H27BF2N3+. The highest BCUT2D eigenvalue weighted by Gasteiger charge is 2.20. The lowest BCUT2D eigenvalue weighted by molar-refractivity contribution is -0.294. The van der Waals surface area contributed by atoms with E-state index in [1.165, 1.54) is 33.4 Å². The Labute approximate surface area is 194 Å². The van der Waals surface area contributed by atoms with E-state index in [4.69, 9.17) is 13.7 Å². The third kappa shape index (κ3) is 4.52. The smallest absolute Gasteiger partial charge is 0.355 e. The van der Waals surface area contributed by atoms with Crippen molar-refractivity contribution in [3.05, 3.63) is 100 Å². The van der Waals surface area contributed by atoms with Gasteiger partial charge < -0.3 is 10.7 Å². The molecule has 3 nitrogen and oxygen atoms in total. The van der Waals surface area contributed by atoms with Crippen molar-refractivity contribution in [1.82, 2.24) is 4.98 Å². The second kappa shape index (κ2) is 9.96. The van der Waals surface area contributed by atoms with Crippen molar-refractivity contribution in [2.45, 2.75) is 19.8 Å². The number of benzene rings is 2. The molecule has 2 radical (unpaired) electrons. The molecule has 5 rings (SSSR count). The molecule has 0 spiro atoms. The van der Waals surface area contributed by atoms with Crippen LogP contribution >= 0.6 is 0 Å². The van der Waals surface area contributed by atoms with Gasteiger partial charge in [0.1, 0.15) is 6.21 Å². The lowest BCUT2D eigenvalue weighted by atomic mass is 10.0. The van der Waals surface area contributed by atoms with Gasteiger partial charge in [-0.3, -0.25) is 13.9 Å². The van der Waals surface area contributed by atoms with Crippen molar-refractivity contribution >= 4 is 31.9 Å². The average Bonchev–Trinajstić information content (AvgIpc) is 3.47. The molecule has 1 aliphatic heterocycles. The van der Waals surface area contributed by atoms with Gasteiger partial charge in [-0.15, -0.1) is 0 Å². The Hall–Kier alpha value is -3.51. The zero-order valence-corrected chi connectivity index (χ0v) is 18.5. The van der Waals surface area contributed by atoms with E-state index in [2.05, 4.69) is 72.6 Å². The molecule has 2 aliphatic rings. The molecule has 166 valence electrons. The lowest BCUT2D eigenvalue weighted by Crippen LogP contribution is -2.09. The molecule has 3 N–H and O–H groups in total. The first-order chi connectivity index (χ1) is 15.1. The number of hydrogen-bond acceptors (Lipinski definition) is 1. The van der Waals surface area contributed by atoms with Gasteiger partial charge in [0, 0.05) is 23.4 Å². The Balaban J connectivity index is 0.00000153. The molecule has 1 aliphatic carbocycles. The number of nitrogens with one attached hydrogen (secondary N) is 1. The maximum atomic E-state index is 6.11. The van der Waals surface area contributed by atoms with Gasteiger partial charge >= 0.3 is 7.98 Å². The van der Waals surface area contributed by atoms with E-state index in [9.17, 15) is 0 Å². The molecule has 0 saturated heterocycles. The zero-order chi connectivity index (χ0) is 21.4. The minimum Gasteiger partial charge on any atom is -0.355 e. The fraction of sp³-hybridized carbons (Fsp3) is 0.148. The molecule has 0 fully saturated rings. The zero-order valence-electron chi connectivity index (χ0n) is 18.5. The highest BCUT2D eigenvalue weighted by atomic mass is 19.0. The third-order valence-corrected chi connectivity index (χ3v) is 6.10. The first kappa shape index (κ1) is 24.1. The summed E-state index contributed by atoms with van der Waals surface area (Å²) in [4.78, 5) is 3.57. The third-order valence-electron chi connectivity index (χ3n) is 6.10. The number of halogens is 2. The summed E-state index contributed by atoms with van der Waals surface area (Å²) < 4.78 is 1.66. The summed E-state index contributed by atoms with van der Waals surface area (Å²) in [6.07, 6.45) is 11.9. The fourth-order valence-corrected chi connectivity index (χ4v) is 4.59. The van der Waals surface area contributed by atoms with Gasteiger partial charge in [0.25, 0.3) is 0 Å². The van der Waals surface area contributed by atoms with Crippen LogP contribution in [-0.2, 0) is 6.42 Å². The van der Waals surface area contributed by atoms with Gasteiger partial charge in [0.05, 0.1) is 5.69 Å². The van der Waals surface area contributed by atoms with Gasteiger partial charge in [-0.2, -0.15) is 0 Å². The molecule has 3 aromatic rings. The van der Waals surface area contributed by atoms with Crippen molar-refractivity contribution < 1.29 is 13.9 Å². The summed E-state index contributed by atoms with van der Waals surface area (Å²) in [5.41, 5.74) is 18.1. The number of H-pyrrole nitrogens is 1. The maximum absolute atomic E-state index is 6.11. The van der Waals surface area contributed by atoms with Gasteiger partial charge in [-0.1, -0.05) is 42.5 Å². The number of rotatable bonds is 5. The molecule has 33 heavy (non-hydrogen) atoms. The first-order valence-electron chi connectivity index (χ1n) is 10.7. The Kier molecular flexibility index (Phi) is 7.29. The lowest BCUT2D eigenvalue weighted by Gasteiger charge is -2.07. The summed E-state index contributed by atoms with van der Waals surface area (Å²) in [6.45, 7) is 2.69. The van der Waals surface area contributed by atoms with Crippen LogP contribution in [0.2, 0.25) is 0 Å². The Morgan fingerprint density at radius 3 is 2.61 bits per heavy atom. The Morgan fingerprint density at radius 2 is 1.85 bits per heavy atom. The van der Waals surface area contributed by atoms with Crippen LogP contribution in [0.3, 0.4) is 0 Å². The second-order valence-corrected chi connectivity index (χ2v) is 8.18. The topological polar surface area (TPSA) is 44.8 Å². The highest BCUT2D eigenvalue weighted by Crippen LogP contribution is 2.37. The molecule has 2 heterocycles. The monoisotopic (exact) mass is 442 g/mol. The second-order valence-electron chi connectivity index (χ2n) is 8.18. The van der Waals surface area contributed by atoms with E-state index in [1.807, 2.05) is 18.4 Å². The van der Waals surface area contributed by atoms with Crippen molar-refractivity contribution in [1.29, 1.82) is 0 Å². The minimum atomic E-state index is 0. The van der Waals surface area contributed by atoms with E-state index in [-0.39, 0.29) is 9.41 Å². The molecule has 0 amide bonds. The van der Waals surface area contributed by atoms with Crippen molar-refractivity contribution in [3.63, 3.8) is 0 Å². The molecule has 0 saturated carbocycles. The number of allylic oxidation sites excluding steroid dienone is 2. The first-order valence-corrected chi connectivity index (χ1v) is 10.7. The SMILES string of the molecule is F.F.[B][N+]1=CC=CC1=C(CCN)c1[nH]c(/C=C/c2ccc3c(c2)-c2ccccc2C3)cc1C. The Bertz CT molecular complexity index is 1300. The highest BCUT2D eigenvalue weighted by molar-refractivity contribution is 6.01. The molecular weight excluding hydrogens is 415 g/mol. The van der Waals surface area contributed by atoms with Crippen molar-refractivity contribution in [3.8, 4) is 11.1 Å². The summed E-state index contributed by atoms with van der Waals surface area (Å²) in [5.74, 6) is 0. The number of aromatic nitrogens is 1. The molecule has 1 aromatic heterocycles. The van der Waals surface area contributed by atoms with Crippen LogP contribution in [-0.4, -0.2) is 30.2 Å². The number of nitrogens with two attached hydrogens (primary N) is 1. The van der Waals surface area contributed by atoms with E-state index in [0.29, 0.717) is 6.54 Å². The average molecular weight is 442 g/mol. The van der Waals surface area contributed by atoms with E-state index < -0.39 is 0 Å².